The summed E-state index contributed by atoms with van der Waals surface area (Å²) in [5, 5.41) is 13.0. The Morgan fingerprint density at radius 1 is 1.00 bits per heavy atom. The van der Waals surface area contributed by atoms with Crippen molar-refractivity contribution in [3.63, 3.8) is 0 Å². The van der Waals surface area contributed by atoms with Crippen molar-refractivity contribution in [3.8, 4) is 0 Å². The first-order valence-electron chi connectivity index (χ1n) is 8.84. The first-order valence-corrected chi connectivity index (χ1v) is 8.84. The van der Waals surface area contributed by atoms with Crippen LogP contribution in [0.4, 0.5) is 0 Å². The number of methoxy groups -OCH3 is 2. The van der Waals surface area contributed by atoms with Gasteiger partial charge < -0.3 is 30.4 Å². The van der Waals surface area contributed by atoms with E-state index in [2.05, 4.69) is 11.1 Å². The Morgan fingerprint density at radius 3 is 1.93 bits per heavy atom. The quantitative estimate of drug-likeness (QED) is 0.621. The summed E-state index contributed by atoms with van der Waals surface area (Å²) in [6, 6.07) is 18.1. The number of nitrogens with one attached hydrogen (secondary N) is 1. The number of hydrogen-bond acceptors (Lipinski definition) is 5. The van der Waals surface area contributed by atoms with E-state index in [1.807, 2.05) is 48.5 Å². The van der Waals surface area contributed by atoms with Crippen molar-refractivity contribution < 1.29 is 29.9 Å². The van der Waals surface area contributed by atoms with Gasteiger partial charge in [-0.25, -0.2) is 0 Å². The molecule has 2 atom stereocenters. The molecule has 0 heterocycles. The molecule has 2 aromatic rings. The van der Waals surface area contributed by atoms with Gasteiger partial charge in [0.15, 0.2) is 6.04 Å². The Hall–Kier alpha value is -2.74. The van der Waals surface area contributed by atoms with Crippen LogP contribution in [0, 0.1) is 0 Å². The van der Waals surface area contributed by atoms with Gasteiger partial charge in [-0.05, 0) is 12.0 Å². The van der Waals surface area contributed by atoms with Gasteiger partial charge in [-0.1, -0.05) is 60.7 Å². The van der Waals surface area contributed by atoms with Gasteiger partial charge >= 0.3 is 0 Å². The molecule has 4 N–H and O–H groups in total. The number of ether oxygens (including phenoxy) is 2. The Bertz CT molecular complexity index is 705. The van der Waals surface area contributed by atoms with Crippen molar-refractivity contribution in [2.75, 3.05) is 14.2 Å². The molecule has 0 saturated carbocycles. The molecule has 0 radical (unpaired) electrons. The van der Waals surface area contributed by atoms with E-state index in [0.29, 0.717) is 0 Å². The van der Waals surface area contributed by atoms with Crippen molar-refractivity contribution >= 4 is 11.9 Å². The third kappa shape index (κ3) is 8.30. The molecule has 0 saturated heterocycles. The smallest absolute Gasteiger partial charge is 0.217 e. The summed E-state index contributed by atoms with van der Waals surface area (Å²) >= 11 is 0. The molecule has 7 nitrogen and oxygen atoms in total. The largest absolute Gasteiger partial charge is 0.548 e. The monoisotopic (exact) mass is 388 g/mol. The van der Waals surface area contributed by atoms with Crippen LogP contribution >= 0.6 is 0 Å². The molecule has 2 rings (SSSR count). The standard InChI is InChI=1S/C11H13NO3.C10H15NO2/c1-8(13)12-10(11(14)15)7-9-5-3-2-4-6-9;1-12-10(13-2)9(11)8-6-4-3-5-7-8/h2-6,10H,7H2,1H3,(H,12,13)(H,14,15);3-7,9-10H,11H2,1-2H3/t10-;9-/m00/s1. The SMILES string of the molecule is CC(=O)N[C@@H](Cc1ccccc1)C(=O)[O-].COC(OC)[C@@H]([NH3+])c1ccccc1. The first kappa shape index (κ1) is 23.3. The molecule has 2 aromatic carbocycles. The van der Waals surface area contributed by atoms with E-state index in [9.17, 15) is 14.7 Å². The van der Waals surface area contributed by atoms with Crippen molar-refractivity contribution in [2.24, 2.45) is 0 Å². The van der Waals surface area contributed by atoms with Crippen molar-refractivity contribution in [1.29, 1.82) is 0 Å². The van der Waals surface area contributed by atoms with Crippen molar-refractivity contribution in [3.05, 3.63) is 71.8 Å². The summed E-state index contributed by atoms with van der Waals surface area (Å²) in [5.74, 6) is -1.64. The summed E-state index contributed by atoms with van der Waals surface area (Å²) < 4.78 is 10.3. The van der Waals surface area contributed by atoms with E-state index in [1.54, 1.807) is 26.4 Å². The van der Waals surface area contributed by atoms with Crippen molar-refractivity contribution in [1.82, 2.24) is 5.32 Å². The van der Waals surface area contributed by atoms with E-state index in [-0.39, 0.29) is 24.7 Å². The van der Waals surface area contributed by atoms with Gasteiger partial charge in [0, 0.05) is 26.7 Å². The van der Waals surface area contributed by atoms with Gasteiger partial charge in [0.2, 0.25) is 12.2 Å². The minimum atomic E-state index is -1.27. The summed E-state index contributed by atoms with van der Waals surface area (Å²) in [6.07, 6.45) is -0.0367. The van der Waals surface area contributed by atoms with E-state index >= 15 is 0 Å². The van der Waals surface area contributed by atoms with E-state index in [0.717, 1.165) is 11.1 Å². The molecule has 0 aromatic heterocycles. The second-order valence-corrected chi connectivity index (χ2v) is 6.12. The molecule has 0 spiro atoms. The van der Waals surface area contributed by atoms with Gasteiger partial charge in [-0.3, -0.25) is 4.79 Å². The van der Waals surface area contributed by atoms with Gasteiger partial charge in [0.05, 0.1) is 12.0 Å². The highest BCUT2D eigenvalue weighted by Crippen LogP contribution is 2.14. The number of hydrogen-bond donors (Lipinski definition) is 2. The molecule has 0 unspecified atom stereocenters. The maximum absolute atomic E-state index is 10.7. The first-order chi connectivity index (χ1) is 13.4. The highest BCUT2D eigenvalue weighted by molar-refractivity contribution is 5.81. The second-order valence-electron chi connectivity index (χ2n) is 6.12. The number of carbonyl (C=O) groups is 2. The zero-order valence-corrected chi connectivity index (χ0v) is 16.5. The molecule has 0 fully saturated rings. The molecule has 7 heteroatoms. The van der Waals surface area contributed by atoms with Crippen LogP contribution in [0.5, 0.6) is 0 Å². The molecule has 28 heavy (non-hydrogen) atoms. The molecule has 1 amide bonds. The third-order valence-corrected chi connectivity index (χ3v) is 3.97. The molecule has 0 aliphatic rings. The molecular weight excluding hydrogens is 360 g/mol. The van der Waals surface area contributed by atoms with Crippen LogP contribution < -0.4 is 16.2 Å². The maximum atomic E-state index is 10.7. The highest BCUT2D eigenvalue weighted by atomic mass is 16.7. The van der Waals surface area contributed by atoms with Crippen molar-refractivity contribution in [2.45, 2.75) is 31.7 Å². The fourth-order valence-electron chi connectivity index (χ4n) is 2.57. The molecule has 0 bridgehead atoms. The van der Waals surface area contributed by atoms with Crippen LogP contribution in [-0.2, 0) is 25.5 Å². The molecule has 0 aliphatic heterocycles. The van der Waals surface area contributed by atoms with Gasteiger partial charge in [-0.2, -0.15) is 0 Å². The van der Waals surface area contributed by atoms with E-state index in [1.165, 1.54) is 6.92 Å². The lowest BCUT2D eigenvalue weighted by atomic mass is 10.1. The Kier molecular flexibility index (Phi) is 10.5. The predicted octanol–water partition coefficient (Wildman–Crippen LogP) is 0.0722. The fourth-order valence-corrected chi connectivity index (χ4v) is 2.57. The number of carbonyl (C=O) groups excluding carboxylic acids is 2. The minimum Gasteiger partial charge on any atom is -0.548 e. The predicted molar refractivity (Wildman–Crippen MR) is 103 cm³/mol. The number of amides is 1. The Balaban J connectivity index is 0.000000283. The number of carboxylic acids is 1. The maximum Gasteiger partial charge on any atom is 0.217 e. The number of carboxylic acid groups (broad SMARTS) is 1. The fraction of sp³-hybridized carbons (Fsp3) is 0.333. The average molecular weight is 388 g/mol. The zero-order valence-electron chi connectivity index (χ0n) is 16.5. The highest BCUT2D eigenvalue weighted by Gasteiger charge is 2.21. The van der Waals surface area contributed by atoms with Crippen LogP contribution in [0.25, 0.3) is 0 Å². The number of rotatable bonds is 8. The van der Waals surface area contributed by atoms with Crippen LogP contribution in [0.1, 0.15) is 24.1 Å². The van der Waals surface area contributed by atoms with Crippen LogP contribution in [0.3, 0.4) is 0 Å². The van der Waals surface area contributed by atoms with Crippen LogP contribution in [-0.4, -0.2) is 38.4 Å². The summed E-state index contributed by atoms with van der Waals surface area (Å²) in [6.45, 7) is 1.28. The van der Waals surface area contributed by atoms with Gasteiger partial charge in [-0.15, -0.1) is 0 Å². The lowest BCUT2D eigenvalue weighted by Gasteiger charge is -2.18. The molecule has 0 aliphatic carbocycles. The zero-order chi connectivity index (χ0) is 20.9. The lowest BCUT2D eigenvalue weighted by Crippen LogP contribution is -2.59. The number of benzene rings is 2. The molecular formula is C21H28N2O5. The number of aliphatic carboxylic acids is 1. The van der Waals surface area contributed by atoms with Gasteiger partial charge in [0.1, 0.15) is 0 Å². The Morgan fingerprint density at radius 2 is 1.50 bits per heavy atom. The normalized spacial score (nSPS) is 12.5. The van der Waals surface area contributed by atoms with Crippen LogP contribution in [0.2, 0.25) is 0 Å². The topological polar surface area (TPSA) is 115 Å². The lowest BCUT2D eigenvalue weighted by molar-refractivity contribution is -0.467. The van der Waals surface area contributed by atoms with Gasteiger partial charge in [0.25, 0.3) is 0 Å². The van der Waals surface area contributed by atoms with Crippen LogP contribution in [0.15, 0.2) is 60.7 Å². The third-order valence-electron chi connectivity index (χ3n) is 3.97. The summed E-state index contributed by atoms with van der Waals surface area (Å²) in [4.78, 5) is 21.5. The van der Waals surface area contributed by atoms with E-state index < -0.39 is 12.0 Å². The number of quaternary nitrogens is 1. The second kappa shape index (κ2) is 12.6. The Labute approximate surface area is 165 Å². The molecule has 152 valence electrons. The summed E-state index contributed by atoms with van der Waals surface area (Å²) in [7, 11) is 3.24. The summed E-state index contributed by atoms with van der Waals surface area (Å²) in [5.41, 5.74) is 5.97. The van der Waals surface area contributed by atoms with E-state index in [4.69, 9.17) is 9.47 Å². The minimum absolute atomic E-state index is 0.0104. The average Bonchev–Trinajstić information content (AvgIpc) is 2.70.